The lowest BCUT2D eigenvalue weighted by molar-refractivity contribution is -0.123. The highest BCUT2D eigenvalue weighted by atomic mass is 32.2. The van der Waals surface area contributed by atoms with Gasteiger partial charge in [-0.2, -0.15) is 8.42 Å². The molecule has 0 amide bonds. The van der Waals surface area contributed by atoms with Crippen LogP contribution in [0.2, 0.25) is 0 Å². The maximum absolute atomic E-state index is 11.7. The minimum Gasteiger partial charge on any atom is -0.299 e. The highest BCUT2D eigenvalue weighted by Crippen LogP contribution is 2.58. The van der Waals surface area contributed by atoms with Gasteiger partial charge in [-0.05, 0) is 23.7 Å². The number of carbonyl (C=O) groups excluding carboxylic acids is 1. The molecule has 86 valence electrons. The fourth-order valence-electron chi connectivity index (χ4n) is 3.50. The Bertz CT molecular complexity index is 396. The zero-order valence-corrected chi connectivity index (χ0v) is 9.75. The van der Waals surface area contributed by atoms with Crippen LogP contribution < -0.4 is 0 Å². The van der Waals surface area contributed by atoms with Crippen LogP contribution in [-0.2, 0) is 14.9 Å². The summed E-state index contributed by atoms with van der Waals surface area (Å²) in [7, 11) is -3.96. The molecule has 2 saturated carbocycles. The van der Waals surface area contributed by atoms with E-state index in [1.54, 1.807) is 0 Å². The monoisotopic (exact) mass is 232 g/mol. The molecule has 1 N–H and O–H groups in total. The van der Waals surface area contributed by atoms with Crippen molar-refractivity contribution in [3.63, 3.8) is 0 Å². The lowest BCUT2D eigenvalue weighted by Gasteiger charge is -2.24. The fraction of sp³-hybridized carbons (Fsp3) is 0.900. The molecule has 3 unspecified atom stereocenters. The van der Waals surface area contributed by atoms with Crippen LogP contribution in [0, 0.1) is 23.2 Å². The van der Waals surface area contributed by atoms with Gasteiger partial charge in [0.1, 0.15) is 5.78 Å². The summed E-state index contributed by atoms with van der Waals surface area (Å²) in [5.74, 6) is -0.152. The molecule has 2 fully saturated rings. The molecular formula is C10H16O4S. The first-order chi connectivity index (χ1) is 6.72. The average Bonchev–Trinajstić information content (AvgIpc) is 2.30. The summed E-state index contributed by atoms with van der Waals surface area (Å²) in [6.07, 6.45) is 1.34. The van der Waals surface area contributed by atoms with Crippen LogP contribution in [0.5, 0.6) is 0 Å². The van der Waals surface area contributed by atoms with Gasteiger partial charge in [0.25, 0.3) is 10.1 Å². The molecule has 0 aliphatic heterocycles. The van der Waals surface area contributed by atoms with E-state index in [0.29, 0.717) is 12.3 Å². The number of fused-ring (bicyclic) bond motifs is 2. The molecule has 2 aliphatic rings. The maximum atomic E-state index is 11.7. The molecule has 4 nitrogen and oxygen atoms in total. The third kappa shape index (κ3) is 1.72. The van der Waals surface area contributed by atoms with Gasteiger partial charge in [0.15, 0.2) is 0 Å². The Labute approximate surface area is 89.8 Å². The second-order valence-corrected chi connectivity index (χ2v) is 6.91. The van der Waals surface area contributed by atoms with E-state index in [4.69, 9.17) is 4.55 Å². The first-order valence-electron chi connectivity index (χ1n) is 5.19. The quantitative estimate of drug-likeness (QED) is 0.724. The zero-order chi connectivity index (χ0) is 11.4. The molecular weight excluding hydrogens is 216 g/mol. The Hall–Kier alpha value is -0.420. The number of hydrogen-bond donors (Lipinski definition) is 1. The molecule has 0 spiro atoms. The lowest BCUT2D eigenvalue weighted by atomic mass is 9.80. The number of ketones is 1. The van der Waals surface area contributed by atoms with E-state index >= 15 is 0 Å². The Morgan fingerprint density at radius 3 is 2.47 bits per heavy atom. The van der Waals surface area contributed by atoms with Crippen molar-refractivity contribution >= 4 is 15.9 Å². The van der Waals surface area contributed by atoms with Gasteiger partial charge in [0.2, 0.25) is 0 Å². The molecule has 2 rings (SSSR count). The van der Waals surface area contributed by atoms with Crippen molar-refractivity contribution in [2.75, 3.05) is 5.75 Å². The largest absolute Gasteiger partial charge is 0.299 e. The molecule has 15 heavy (non-hydrogen) atoms. The molecule has 0 heterocycles. The summed E-state index contributed by atoms with van der Waals surface area (Å²) >= 11 is 0. The number of carbonyl (C=O) groups is 1. The first-order valence-corrected chi connectivity index (χ1v) is 6.80. The normalized spacial score (nSPS) is 38.6. The molecule has 5 heteroatoms. The number of hydrogen-bond acceptors (Lipinski definition) is 3. The highest BCUT2D eigenvalue weighted by Gasteiger charge is 2.58. The zero-order valence-electron chi connectivity index (χ0n) is 8.93. The SMILES string of the molecule is CC1(C)C2CC(=O)C1C(CS(=O)(=O)O)C2. The summed E-state index contributed by atoms with van der Waals surface area (Å²) in [6.45, 7) is 4.05. The Balaban J connectivity index is 2.24. The Kier molecular flexibility index (Phi) is 2.25. The van der Waals surface area contributed by atoms with Crippen molar-refractivity contribution in [1.82, 2.24) is 0 Å². The van der Waals surface area contributed by atoms with E-state index < -0.39 is 10.1 Å². The van der Waals surface area contributed by atoms with E-state index in [1.807, 2.05) is 13.8 Å². The first kappa shape index (κ1) is 11.1. The predicted octanol–water partition coefficient (Wildman–Crippen LogP) is 1.13. The summed E-state index contributed by atoms with van der Waals surface area (Å²) < 4.78 is 30.5. The van der Waals surface area contributed by atoms with Gasteiger partial charge in [0.05, 0.1) is 5.75 Å². The lowest BCUT2D eigenvalue weighted by Crippen LogP contribution is -2.29. The minimum absolute atomic E-state index is 0.0908. The molecule has 0 aromatic rings. The summed E-state index contributed by atoms with van der Waals surface area (Å²) in [6, 6.07) is 0. The van der Waals surface area contributed by atoms with Crippen molar-refractivity contribution in [3.8, 4) is 0 Å². The van der Waals surface area contributed by atoms with Crippen molar-refractivity contribution in [2.45, 2.75) is 26.7 Å². The van der Waals surface area contributed by atoms with Gasteiger partial charge in [0, 0.05) is 12.3 Å². The minimum atomic E-state index is -3.96. The summed E-state index contributed by atoms with van der Waals surface area (Å²) in [5, 5.41) is 0. The van der Waals surface area contributed by atoms with Crippen molar-refractivity contribution in [2.24, 2.45) is 23.2 Å². The number of rotatable bonds is 2. The van der Waals surface area contributed by atoms with Gasteiger partial charge in [-0.25, -0.2) is 0 Å². The van der Waals surface area contributed by atoms with E-state index in [0.717, 1.165) is 6.42 Å². The van der Waals surface area contributed by atoms with Crippen LogP contribution in [0.25, 0.3) is 0 Å². The smallest absolute Gasteiger partial charge is 0.265 e. The second-order valence-electron chi connectivity index (χ2n) is 5.41. The van der Waals surface area contributed by atoms with Crippen LogP contribution in [0.1, 0.15) is 26.7 Å². The third-order valence-corrected chi connectivity index (χ3v) is 4.98. The molecule has 0 radical (unpaired) electrons. The molecule has 0 saturated heterocycles. The Morgan fingerprint density at radius 1 is 1.47 bits per heavy atom. The molecule has 3 atom stereocenters. The van der Waals surface area contributed by atoms with E-state index in [2.05, 4.69) is 0 Å². The predicted molar refractivity (Wildman–Crippen MR) is 54.9 cm³/mol. The van der Waals surface area contributed by atoms with Gasteiger partial charge < -0.3 is 0 Å². The summed E-state index contributed by atoms with van der Waals surface area (Å²) in [4.78, 5) is 11.7. The van der Waals surface area contributed by atoms with E-state index in [-0.39, 0.29) is 28.8 Å². The van der Waals surface area contributed by atoms with Gasteiger partial charge in [-0.15, -0.1) is 0 Å². The summed E-state index contributed by atoms with van der Waals surface area (Å²) in [5.41, 5.74) is -0.0908. The molecule has 0 aromatic carbocycles. The van der Waals surface area contributed by atoms with Crippen molar-refractivity contribution in [1.29, 1.82) is 0 Å². The van der Waals surface area contributed by atoms with Crippen LogP contribution in [0.4, 0.5) is 0 Å². The molecule has 2 aliphatic carbocycles. The fourth-order valence-corrected chi connectivity index (χ4v) is 4.37. The van der Waals surface area contributed by atoms with Crippen molar-refractivity contribution in [3.05, 3.63) is 0 Å². The van der Waals surface area contributed by atoms with Crippen molar-refractivity contribution < 1.29 is 17.8 Å². The van der Waals surface area contributed by atoms with Crippen LogP contribution in [0.15, 0.2) is 0 Å². The molecule has 2 bridgehead atoms. The second kappa shape index (κ2) is 3.04. The van der Waals surface area contributed by atoms with E-state index in [9.17, 15) is 13.2 Å². The van der Waals surface area contributed by atoms with Crippen LogP contribution in [0.3, 0.4) is 0 Å². The van der Waals surface area contributed by atoms with Gasteiger partial charge in [-0.1, -0.05) is 13.8 Å². The third-order valence-electron chi connectivity index (χ3n) is 4.13. The van der Waals surface area contributed by atoms with Gasteiger partial charge >= 0.3 is 0 Å². The highest BCUT2D eigenvalue weighted by molar-refractivity contribution is 7.85. The topological polar surface area (TPSA) is 71.4 Å². The average molecular weight is 232 g/mol. The number of Topliss-reactive ketones (excluding diaryl/α,β-unsaturated/α-hetero) is 1. The van der Waals surface area contributed by atoms with Gasteiger partial charge in [-0.3, -0.25) is 9.35 Å². The standard InChI is InChI=1S/C10H16O4S/c1-10(2)7-3-6(5-15(12,13)14)9(10)8(11)4-7/h6-7,9H,3-5H2,1-2H3,(H,12,13,14). The maximum Gasteiger partial charge on any atom is 0.265 e. The van der Waals surface area contributed by atoms with Crippen LogP contribution in [-0.4, -0.2) is 24.5 Å². The molecule has 0 aromatic heterocycles. The Morgan fingerprint density at radius 2 is 2.07 bits per heavy atom. The van der Waals surface area contributed by atoms with Crippen LogP contribution >= 0.6 is 0 Å². The van der Waals surface area contributed by atoms with E-state index in [1.165, 1.54) is 0 Å².